The molecule has 0 aliphatic carbocycles. The highest BCUT2D eigenvalue weighted by atomic mass is 32.2. The predicted molar refractivity (Wildman–Crippen MR) is 59.1 cm³/mol. The molecule has 0 unspecified atom stereocenters. The molecule has 88 valence electrons. The molecule has 0 aliphatic rings. The van der Waals surface area contributed by atoms with Crippen molar-refractivity contribution in [1.82, 2.24) is 19.7 Å². The quantitative estimate of drug-likeness (QED) is 0.817. The Labute approximate surface area is 99.5 Å². The molecular formula is C9H8N4O3S. The van der Waals surface area contributed by atoms with Gasteiger partial charge >= 0.3 is 11.7 Å². The predicted octanol–water partition coefficient (Wildman–Crippen LogP) is 0.353. The Bertz CT molecular complexity index is 619. The lowest BCUT2D eigenvalue weighted by atomic mass is 10.3. The summed E-state index contributed by atoms with van der Waals surface area (Å²) in [6.45, 7) is 0. The van der Waals surface area contributed by atoms with Crippen molar-refractivity contribution in [3.05, 3.63) is 34.4 Å². The van der Waals surface area contributed by atoms with E-state index in [1.54, 1.807) is 7.05 Å². The molecule has 2 heterocycles. The summed E-state index contributed by atoms with van der Waals surface area (Å²) in [5, 5.41) is 15.8. The van der Waals surface area contributed by atoms with Gasteiger partial charge in [-0.2, -0.15) is 0 Å². The van der Waals surface area contributed by atoms with E-state index in [-0.39, 0.29) is 11.3 Å². The highest BCUT2D eigenvalue weighted by Gasteiger charge is 2.09. The van der Waals surface area contributed by atoms with E-state index in [0.29, 0.717) is 10.2 Å². The Kier molecular flexibility index (Phi) is 2.96. The summed E-state index contributed by atoms with van der Waals surface area (Å²) in [5.74, 6) is -1.02. The number of nitrogens with one attached hydrogen (secondary N) is 1. The van der Waals surface area contributed by atoms with Crippen molar-refractivity contribution in [2.45, 2.75) is 10.2 Å². The van der Waals surface area contributed by atoms with Crippen molar-refractivity contribution in [2.24, 2.45) is 7.05 Å². The van der Waals surface area contributed by atoms with Crippen LogP contribution in [-0.4, -0.2) is 30.8 Å². The van der Waals surface area contributed by atoms with Crippen LogP contribution in [0.4, 0.5) is 0 Å². The standard InChI is InChI=1S/C9H8N4O3S/c1-13-8(16)11-12-9(13)17-6-4-5(7(14)15)2-3-10-6/h2-4H,1H3,(H,11,16)(H,14,15). The molecular weight excluding hydrogens is 244 g/mol. The molecule has 8 heteroatoms. The molecule has 0 saturated carbocycles. The van der Waals surface area contributed by atoms with Crippen LogP contribution in [0.3, 0.4) is 0 Å². The lowest BCUT2D eigenvalue weighted by Crippen LogP contribution is -2.12. The minimum absolute atomic E-state index is 0.142. The number of rotatable bonds is 3. The first-order valence-electron chi connectivity index (χ1n) is 4.56. The third-order valence-electron chi connectivity index (χ3n) is 2.02. The van der Waals surface area contributed by atoms with E-state index < -0.39 is 5.97 Å². The van der Waals surface area contributed by atoms with Crippen LogP contribution in [0.2, 0.25) is 0 Å². The number of aromatic carboxylic acids is 1. The highest BCUT2D eigenvalue weighted by molar-refractivity contribution is 7.99. The molecule has 0 aliphatic heterocycles. The monoisotopic (exact) mass is 252 g/mol. The summed E-state index contributed by atoms with van der Waals surface area (Å²) in [4.78, 5) is 25.9. The lowest BCUT2D eigenvalue weighted by molar-refractivity contribution is 0.0696. The van der Waals surface area contributed by atoms with Gasteiger partial charge in [0.2, 0.25) is 0 Å². The molecule has 0 amide bonds. The maximum atomic E-state index is 11.1. The summed E-state index contributed by atoms with van der Waals surface area (Å²) in [6.07, 6.45) is 1.40. The zero-order valence-electron chi connectivity index (χ0n) is 8.75. The second-order valence-electron chi connectivity index (χ2n) is 3.16. The van der Waals surface area contributed by atoms with Gasteiger partial charge < -0.3 is 5.11 Å². The maximum absolute atomic E-state index is 11.1. The Balaban J connectivity index is 2.30. The smallest absolute Gasteiger partial charge is 0.343 e. The first-order chi connectivity index (χ1) is 8.08. The van der Waals surface area contributed by atoms with Gasteiger partial charge in [0.05, 0.1) is 5.56 Å². The van der Waals surface area contributed by atoms with Gasteiger partial charge in [0.1, 0.15) is 5.03 Å². The average Bonchev–Trinajstić information content (AvgIpc) is 2.61. The number of hydrogen-bond donors (Lipinski definition) is 2. The first-order valence-corrected chi connectivity index (χ1v) is 5.38. The van der Waals surface area contributed by atoms with Crippen LogP contribution >= 0.6 is 11.8 Å². The van der Waals surface area contributed by atoms with E-state index >= 15 is 0 Å². The number of carboxylic acids is 1. The van der Waals surface area contributed by atoms with Crippen molar-refractivity contribution in [2.75, 3.05) is 0 Å². The van der Waals surface area contributed by atoms with Crippen LogP contribution in [-0.2, 0) is 7.05 Å². The Morgan fingerprint density at radius 1 is 1.59 bits per heavy atom. The highest BCUT2D eigenvalue weighted by Crippen LogP contribution is 2.22. The van der Waals surface area contributed by atoms with Crippen LogP contribution in [0.15, 0.2) is 33.3 Å². The zero-order valence-corrected chi connectivity index (χ0v) is 9.56. The maximum Gasteiger partial charge on any atom is 0.343 e. The van der Waals surface area contributed by atoms with Crippen LogP contribution in [0.25, 0.3) is 0 Å². The van der Waals surface area contributed by atoms with Crippen LogP contribution < -0.4 is 5.69 Å². The number of carboxylic acid groups (broad SMARTS) is 1. The zero-order chi connectivity index (χ0) is 12.4. The van der Waals surface area contributed by atoms with Crippen LogP contribution in [0.1, 0.15) is 10.4 Å². The third-order valence-corrected chi connectivity index (χ3v) is 3.00. The molecule has 17 heavy (non-hydrogen) atoms. The normalized spacial score (nSPS) is 10.4. The van der Waals surface area contributed by atoms with Gasteiger partial charge in [-0.25, -0.2) is 19.7 Å². The number of aromatic amines is 1. The van der Waals surface area contributed by atoms with E-state index in [9.17, 15) is 9.59 Å². The molecule has 0 fully saturated rings. The van der Waals surface area contributed by atoms with Gasteiger partial charge in [-0.3, -0.25) is 4.57 Å². The molecule has 0 radical (unpaired) electrons. The second-order valence-corrected chi connectivity index (χ2v) is 4.15. The largest absolute Gasteiger partial charge is 0.478 e. The molecule has 2 aromatic heterocycles. The average molecular weight is 252 g/mol. The van der Waals surface area contributed by atoms with Gasteiger partial charge in [-0.1, -0.05) is 0 Å². The minimum atomic E-state index is -1.02. The van der Waals surface area contributed by atoms with Gasteiger partial charge in [-0.05, 0) is 23.9 Å². The number of carbonyl (C=O) groups is 1. The summed E-state index contributed by atoms with van der Waals surface area (Å²) < 4.78 is 1.32. The minimum Gasteiger partial charge on any atom is -0.478 e. The summed E-state index contributed by atoms with van der Waals surface area (Å²) in [5.41, 5.74) is -0.190. The number of H-pyrrole nitrogens is 1. The fraction of sp³-hybridized carbons (Fsp3) is 0.111. The molecule has 2 aromatic rings. The van der Waals surface area contributed by atoms with E-state index in [1.165, 1.54) is 22.9 Å². The fourth-order valence-electron chi connectivity index (χ4n) is 1.12. The Hall–Kier alpha value is -2.09. The number of pyridine rings is 1. The molecule has 0 aromatic carbocycles. The molecule has 0 bridgehead atoms. The van der Waals surface area contributed by atoms with Crippen LogP contribution in [0, 0.1) is 0 Å². The molecule has 0 spiro atoms. The Morgan fingerprint density at radius 2 is 2.35 bits per heavy atom. The molecule has 2 N–H and O–H groups in total. The molecule has 0 atom stereocenters. The van der Waals surface area contributed by atoms with Gasteiger partial charge in [0.15, 0.2) is 5.16 Å². The van der Waals surface area contributed by atoms with Crippen molar-refractivity contribution in [3.8, 4) is 0 Å². The van der Waals surface area contributed by atoms with Crippen molar-refractivity contribution < 1.29 is 9.90 Å². The number of nitrogens with zero attached hydrogens (tertiary/aromatic N) is 3. The van der Waals surface area contributed by atoms with Gasteiger partial charge in [0.25, 0.3) is 0 Å². The van der Waals surface area contributed by atoms with E-state index in [0.717, 1.165) is 11.8 Å². The lowest BCUT2D eigenvalue weighted by Gasteiger charge is -2.00. The molecule has 2 rings (SSSR count). The van der Waals surface area contributed by atoms with Gasteiger partial charge in [-0.15, -0.1) is 5.10 Å². The number of hydrogen-bond acceptors (Lipinski definition) is 5. The van der Waals surface area contributed by atoms with Crippen molar-refractivity contribution >= 4 is 17.7 Å². The second kappa shape index (κ2) is 4.42. The Morgan fingerprint density at radius 3 is 2.94 bits per heavy atom. The van der Waals surface area contributed by atoms with Crippen molar-refractivity contribution in [3.63, 3.8) is 0 Å². The van der Waals surface area contributed by atoms with Crippen molar-refractivity contribution in [1.29, 1.82) is 0 Å². The SMILES string of the molecule is Cn1c(Sc2cc(C(=O)O)ccn2)n[nH]c1=O. The third kappa shape index (κ3) is 2.36. The summed E-state index contributed by atoms with van der Waals surface area (Å²) in [6, 6.07) is 2.82. The number of aromatic nitrogens is 4. The summed E-state index contributed by atoms with van der Waals surface area (Å²) in [7, 11) is 1.56. The summed E-state index contributed by atoms with van der Waals surface area (Å²) >= 11 is 1.11. The molecule has 0 saturated heterocycles. The van der Waals surface area contributed by atoms with Gasteiger partial charge in [0, 0.05) is 13.2 Å². The topological polar surface area (TPSA) is 101 Å². The van der Waals surface area contributed by atoms with Crippen LogP contribution in [0.5, 0.6) is 0 Å². The fourth-order valence-corrected chi connectivity index (χ4v) is 1.91. The molecule has 7 nitrogen and oxygen atoms in total. The van der Waals surface area contributed by atoms with E-state index in [2.05, 4.69) is 15.2 Å². The van der Waals surface area contributed by atoms with E-state index in [4.69, 9.17) is 5.11 Å². The van der Waals surface area contributed by atoms with E-state index in [1.807, 2.05) is 0 Å². The first kappa shape index (κ1) is 11.4.